The van der Waals surface area contributed by atoms with E-state index in [1.54, 1.807) is 6.92 Å². The molecule has 20 heavy (non-hydrogen) atoms. The summed E-state index contributed by atoms with van der Waals surface area (Å²) in [5, 5.41) is 3.16. The van der Waals surface area contributed by atoms with Gasteiger partial charge in [0, 0.05) is 6.04 Å². The summed E-state index contributed by atoms with van der Waals surface area (Å²) in [5.74, 6) is -0.382. The van der Waals surface area contributed by atoms with Crippen LogP contribution in [0.3, 0.4) is 0 Å². The molecule has 0 aliphatic heterocycles. The van der Waals surface area contributed by atoms with Crippen molar-refractivity contribution in [1.82, 2.24) is 5.32 Å². The summed E-state index contributed by atoms with van der Waals surface area (Å²) in [5.41, 5.74) is 0.949. The van der Waals surface area contributed by atoms with Gasteiger partial charge in [0.05, 0.1) is 15.9 Å². The van der Waals surface area contributed by atoms with Crippen LogP contribution in [-0.2, 0) is 10.0 Å². The Kier molecular flexibility index (Phi) is 6.42. The lowest BCUT2D eigenvalue weighted by Crippen LogP contribution is -2.26. The van der Waals surface area contributed by atoms with Crippen molar-refractivity contribution < 1.29 is 12.8 Å². The lowest BCUT2D eigenvalue weighted by atomic mass is 10.2. The maximum Gasteiger partial charge on any atom is 0.232 e. The molecule has 114 valence electrons. The Balaban J connectivity index is 2.65. The van der Waals surface area contributed by atoms with E-state index in [0.717, 1.165) is 0 Å². The molecule has 0 spiro atoms. The maximum atomic E-state index is 13.3. The zero-order valence-corrected chi connectivity index (χ0v) is 14.2. The number of sulfonamides is 1. The predicted molar refractivity (Wildman–Crippen MR) is 84.0 cm³/mol. The number of anilines is 1. The molecule has 0 aliphatic rings. The van der Waals surface area contributed by atoms with Crippen LogP contribution in [0.15, 0.2) is 16.6 Å². The van der Waals surface area contributed by atoms with Gasteiger partial charge >= 0.3 is 0 Å². The molecule has 0 heterocycles. The smallest absolute Gasteiger partial charge is 0.232 e. The van der Waals surface area contributed by atoms with Crippen molar-refractivity contribution >= 4 is 31.6 Å². The average molecular weight is 367 g/mol. The van der Waals surface area contributed by atoms with Crippen molar-refractivity contribution in [3.05, 3.63) is 28.0 Å². The average Bonchev–Trinajstić information content (AvgIpc) is 2.31. The number of benzene rings is 1. The Hall–Kier alpha value is -0.660. The van der Waals surface area contributed by atoms with Crippen LogP contribution in [0, 0.1) is 12.7 Å². The quantitative estimate of drug-likeness (QED) is 0.729. The second-order valence-electron chi connectivity index (χ2n) is 4.96. The lowest BCUT2D eigenvalue weighted by molar-refractivity contribution is 0.571. The minimum Gasteiger partial charge on any atom is -0.314 e. The predicted octanol–water partition coefficient (Wildman–Crippen LogP) is 3.03. The molecule has 1 aromatic rings. The van der Waals surface area contributed by atoms with E-state index in [9.17, 15) is 12.8 Å². The molecule has 0 aromatic heterocycles. The van der Waals surface area contributed by atoms with E-state index < -0.39 is 15.8 Å². The summed E-state index contributed by atoms with van der Waals surface area (Å²) >= 11 is 3.05. The summed E-state index contributed by atoms with van der Waals surface area (Å²) in [6.07, 6.45) is 0.523. The van der Waals surface area contributed by atoms with Gasteiger partial charge in [-0.3, -0.25) is 4.72 Å². The first-order valence-electron chi connectivity index (χ1n) is 6.41. The van der Waals surface area contributed by atoms with Crippen molar-refractivity contribution in [2.75, 3.05) is 17.0 Å². The molecule has 0 radical (unpaired) electrons. The monoisotopic (exact) mass is 366 g/mol. The number of hydrogen-bond acceptors (Lipinski definition) is 3. The SMILES string of the molecule is Cc1cc(F)c(Br)cc1NS(=O)(=O)CCCNC(C)C. The van der Waals surface area contributed by atoms with Crippen LogP contribution in [0.25, 0.3) is 0 Å². The Morgan fingerprint density at radius 3 is 2.60 bits per heavy atom. The molecule has 2 N–H and O–H groups in total. The largest absolute Gasteiger partial charge is 0.314 e. The number of rotatable bonds is 7. The van der Waals surface area contributed by atoms with E-state index in [2.05, 4.69) is 26.0 Å². The Morgan fingerprint density at radius 1 is 1.35 bits per heavy atom. The fourth-order valence-corrected chi connectivity index (χ4v) is 3.15. The highest BCUT2D eigenvalue weighted by Gasteiger charge is 2.13. The van der Waals surface area contributed by atoms with Gasteiger partial charge in [-0.05, 0) is 53.5 Å². The van der Waals surface area contributed by atoms with E-state index in [4.69, 9.17) is 0 Å². The van der Waals surface area contributed by atoms with Gasteiger partial charge in [0.2, 0.25) is 10.0 Å². The molecule has 0 unspecified atom stereocenters. The first-order valence-corrected chi connectivity index (χ1v) is 8.85. The van der Waals surface area contributed by atoms with E-state index in [1.165, 1.54) is 12.1 Å². The van der Waals surface area contributed by atoms with Gasteiger partial charge < -0.3 is 5.32 Å². The molecular formula is C13H20BrFN2O2S. The molecular weight excluding hydrogens is 347 g/mol. The third-order valence-corrected chi connectivity index (χ3v) is 4.64. The fourth-order valence-electron chi connectivity index (χ4n) is 1.63. The van der Waals surface area contributed by atoms with Crippen LogP contribution in [-0.4, -0.2) is 26.8 Å². The second kappa shape index (κ2) is 7.38. The van der Waals surface area contributed by atoms with Crippen LogP contribution in [0.1, 0.15) is 25.8 Å². The minimum atomic E-state index is -3.42. The highest BCUT2D eigenvalue weighted by atomic mass is 79.9. The molecule has 0 atom stereocenters. The summed E-state index contributed by atoms with van der Waals surface area (Å²) < 4.78 is 39.9. The summed E-state index contributed by atoms with van der Waals surface area (Å²) in [7, 11) is -3.42. The van der Waals surface area contributed by atoms with Crippen molar-refractivity contribution in [3.63, 3.8) is 0 Å². The van der Waals surface area contributed by atoms with Gasteiger partial charge in [0.15, 0.2) is 0 Å². The second-order valence-corrected chi connectivity index (χ2v) is 7.66. The molecule has 0 saturated heterocycles. The Morgan fingerprint density at radius 2 is 2.00 bits per heavy atom. The topological polar surface area (TPSA) is 58.2 Å². The first kappa shape index (κ1) is 17.4. The van der Waals surface area contributed by atoms with E-state index in [-0.39, 0.29) is 10.2 Å². The van der Waals surface area contributed by atoms with Crippen molar-refractivity contribution in [2.24, 2.45) is 0 Å². The standard InChI is InChI=1S/C13H20BrFN2O2S/c1-9(2)16-5-4-6-20(18,19)17-13-8-11(14)12(15)7-10(13)3/h7-9,16-17H,4-6H2,1-3H3. The van der Waals surface area contributed by atoms with Crippen LogP contribution in [0.4, 0.5) is 10.1 Å². The van der Waals surface area contributed by atoms with Crippen LogP contribution in [0.2, 0.25) is 0 Å². The Bertz CT molecular complexity index is 562. The van der Waals surface area contributed by atoms with Crippen molar-refractivity contribution in [2.45, 2.75) is 33.2 Å². The molecule has 0 amide bonds. The number of halogens is 2. The molecule has 1 rings (SSSR count). The van der Waals surface area contributed by atoms with Crippen LogP contribution in [0.5, 0.6) is 0 Å². The molecule has 4 nitrogen and oxygen atoms in total. The first-order chi connectivity index (χ1) is 9.21. The zero-order chi connectivity index (χ0) is 15.3. The van der Waals surface area contributed by atoms with Crippen LogP contribution < -0.4 is 10.0 Å². The number of nitrogens with one attached hydrogen (secondary N) is 2. The number of aryl methyl sites for hydroxylation is 1. The van der Waals surface area contributed by atoms with Gasteiger partial charge in [0.1, 0.15) is 5.82 Å². The number of hydrogen-bond donors (Lipinski definition) is 2. The van der Waals surface area contributed by atoms with Crippen molar-refractivity contribution in [3.8, 4) is 0 Å². The van der Waals surface area contributed by atoms with Gasteiger partial charge in [-0.15, -0.1) is 0 Å². The highest BCUT2D eigenvalue weighted by molar-refractivity contribution is 9.10. The third kappa shape index (κ3) is 5.76. The van der Waals surface area contributed by atoms with Crippen molar-refractivity contribution in [1.29, 1.82) is 0 Å². The summed E-state index contributed by atoms with van der Waals surface area (Å²) in [4.78, 5) is 0. The Labute approximate surface area is 128 Å². The van der Waals surface area contributed by atoms with Gasteiger partial charge in [-0.2, -0.15) is 0 Å². The third-order valence-electron chi connectivity index (χ3n) is 2.68. The van der Waals surface area contributed by atoms with E-state index >= 15 is 0 Å². The molecule has 0 bridgehead atoms. The maximum absolute atomic E-state index is 13.3. The minimum absolute atomic E-state index is 0.0289. The normalized spacial score (nSPS) is 11.9. The molecule has 0 fully saturated rings. The highest BCUT2D eigenvalue weighted by Crippen LogP contribution is 2.25. The van der Waals surface area contributed by atoms with Gasteiger partial charge in [-0.25, -0.2) is 12.8 Å². The van der Waals surface area contributed by atoms with E-state index in [1.807, 2.05) is 13.8 Å². The molecule has 1 aromatic carbocycles. The summed E-state index contributed by atoms with van der Waals surface area (Å²) in [6.45, 7) is 6.32. The molecule has 7 heteroatoms. The van der Waals surface area contributed by atoms with Gasteiger partial charge in [-0.1, -0.05) is 13.8 Å². The molecule has 0 saturated carbocycles. The lowest BCUT2D eigenvalue weighted by Gasteiger charge is -2.12. The fraction of sp³-hybridized carbons (Fsp3) is 0.538. The van der Waals surface area contributed by atoms with E-state index in [0.29, 0.717) is 30.3 Å². The molecule has 0 aliphatic carbocycles. The zero-order valence-electron chi connectivity index (χ0n) is 11.8. The van der Waals surface area contributed by atoms with Crippen LogP contribution >= 0.6 is 15.9 Å². The van der Waals surface area contributed by atoms with Gasteiger partial charge in [0.25, 0.3) is 0 Å². The summed E-state index contributed by atoms with van der Waals surface area (Å²) in [6, 6.07) is 3.07.